The van der Waals surface area contributed by atoms with E-state index in [4.69, 9.17) is 4.42 Å². The molecular weight excluding hydrogens is 420 g/mol. The van der Waals surface area contributed by atoms with Crippen LogP contribution in [0.4, 0.5) is 10.5 Å². The number of carbonyl (C=O) groups is 1. The van der Waals surface area contributed by atoms with Crippen LogP contribution in [-0.2, 0) is 6.54 Å². The van der Waals surface area contributed by atoms with E-state index in [1.54, 1.807) is 6.26 Å². The Labute approximate surface area is 204 Å². The lowest BCUT2D eigenvalue weighted by molar-refractivity contribution is 0.151. The van der Waals surface area contributed by atoms with Gasteiger partial charge in [-0.2, -0.15) is 0 Å². The lowest BCUT2D eigenvalue weighted by Gasteiger charge is -2.37. The topological polar surface area (TPSA) is 45.5 Å². The van der Waals surface area contributed by atoms with E-state index in [1.807, 2.05) is 17.0 Å². The van der Waals surface area contributed by atoms with Crippen LogP contribution >= 0.6 is 0 Å². The fraction of sp³-hybridized carbons (Fsp3) is 0.433. The fourth-order valence-corrected chi connectivity index (χ4v) is 5.26. The highest BCUT2D eigenvalue weighted by Gasteiger charge is 2.31. The van der Waals surface area contributed by atoms with Crippen molar-refractivity contribution in [3.05, 3.63) is 89.4 Å². The number of anilines is 1. The minimum absolute atomic E-state index is 0.0328. The van der Waals surface area contributed by atoms with Gasteiger partial charge in [0.1, 0.15) is 5.76 Å². The van der Waals surface area contributed by atoms with E-state index in [2.05, 4.69) is 81.5 Å². The third-order valence-electron chi connectivity index (χ3n) is 7.18. The number of furan rings is 1. The number of nitrogens with zero attached hydrogens (tertiary/aromatic N) is 1. The third kappa shape index (κ3) is 5.55. The Bertz CT molecular complexity index is 1020. The molecule has 180 valence electrons. The summed E-state index contributed by atoms with van der Waals surface area (Å²) in [7, 11) is 0. The van der Waals surface area contributed by atoms with Crippen LogP contribution in [0.5, 0.6) is 0 Å². The molecule has 1 aliphatic carbocycles. The van der Waals surface area contributed by atoms with Crippen molar-refractivity contribution < 1.29 is 9.21 Å². The van der Waals surface area contributed by atoms with E-state index < -0.39 is 0 Å². The van der Waals surface area contributed by atoms with Crippen molar-refractivity contribution >= 4 is 11.7 Å². The highest BCUT2D eigenvalue weighted by atomic mass is 16.3. The van der Waals surface area contributed by atoms with Crippen LogP contribution in [0.3, 0.4) is 0 Å². The number of nitrogens with one attached hydrogen (secondary N) is 1. The Kier molecular flexibility index (Phi) is 7.77. The first kappa shape index (κ1) is 24.1. The third-order valence-corrected chi connectivity index (χ3v) is 7.18. The summed E-state index contributed by atoms with van der Waals surface area (Å²) in [5.74, 6) is 2.05. The maximum Gasteiger partial charge on any atom is 0.322 e. The molecular formula is C30H38N2O2. The molecule has 4 rings (SSSR count). The van der Waals surface area contributed by atoms with Crippen LogP contribution < -0.4 is 5.32 Å². The molecule has 1 heterocycles. The van der Waals surface area contributed by atoms with Crippen LogP contribution in [0.25, 0.3) is 0 Å². The maximum absolute atomic E-state index is 13.8. The van der Waals surface area contributed by atoms with Gasteiger partial charge in [0, 0.05) is 11.7 Å². The minimum atomic E-state index is -0.0328. The molecule has 0 unspecified atom stereocenters. The summed E-state index contributed by atoms with van der Waals surface area (Å²) in [6, 6.07) is 21.2. The zero-order chi connectivity index (χ0) is 24.1. The van der Waals surface area contributed by atoms with Crippen LogP contribution in [0.15, 0.2) is 71.3 Å². The van der Waals surface area contributed by atoms with Gasteiger partial charge >= 0.3 is 6.03 Å². The largest absolute Gasteiger partial charge is 0.467 e. The van der Waals surface area contributed by atoms with Gasteiger partial charge in [-0.25, -0.2) is 4.79 Å². The van der Waals surface area contributed by atoms with Gasteiger partial charge in [0.2, 0.25) is 0 Å². The summed E-state index contributed by atoms with van der Waals surface area (Å²) in [5, 5.41) is 3.34. The Morgan fingerprint density at radius 1 is 0.882 bits per heavy atom. The first-order valence-corrected chi connectivity index (χ1v) is 12.7. The molecule has 1 aromatic heterocycles. The summed E-state index contributed by atoms with van der Waals surface area (Å²) in [6.07, 6.45) is 5.86. The Morgan fingerprint density at radius 2 is 1.53 bits per heavy atom. The van der Waals surface area contributed by atoms with Crippen molar-refractivity contribution in [3.63, 3.8) is 0 Å². The second kappa shape index (κ2) is 10.9. The molecule has 0 atom stereocenters. The Hall–Kier alpha value is -3.01. The number of benzene rings is 2. The summed E-state index contributed by atoms with van der Waals surface area (Å²) in [5.41, 5.74) is 4.76. The van der Waals surface area contributed by atoms with Gasteiger partial charge in [-0.05, 0) is 72.3 Å². The van der Waals surface area contributed by atoms with Crippen LogP contribution in [0.2, 0.25) is 0 Å². The van der Waals surface area contributed by atoms with E-state index >= 15 is 0 Å². The van der Waals surface area contributed by atoms with Gasteiger partial charge in [0.25, 0.3) is 0 Å². The maximum atomic E-state index is 13.8. The van der Waals surface area contributed by atoms with Gasteiger partial charge in [0.05, 0.1) is 12.8 Å². The van der Waals surface area contributed by atoms with E-state index in [1.165, 1.54) is 16.7 Å². The smallest absolute Gasteiger partial charge is 0.322 e. The first-order chi connectivity index (χ1) is 16.4. The molecule has 34 heavy (non-hydrogen) atoms. The van der Waals surface area contributed by atoms with Crippen molar-refractivity contribution in [2.24, 2.45) is 0 Å². The van der Waals surface area contributed by atoms with Gasteiger partial charge in [-0.15, -0.1) is 0 Å². The predicted molar refractivity (Wildman–Crippen MR) is 139 cm³/mol. The van der Waals surface area contributed by atoms with E-state index in [0.717, 1.165) is 37.1 Å². The Morgan fingerprint density at radius 3 is 2.09 bits per heavy atom. The van der Waals surface area contributed by atoms with E-state index in [0.29, 0.717) is 24.3 Å². The summed E-state index contributed by atoms with van der Waals surface area (Å²) >= 11 is 0. The molecule has 0 bridgehead atoms. The van der Waals surface area contributed by atoms with Crippen LogP contribution in [0.1, 0.15) is 93.6 Å². The summed E-state index contributed by atoms with van der Waals surface area (Å²) in [4.78, 5) is 15.8. The fourth-order valence-electron chi connectivity index (χ4n) is 5.26. The average molecular weight is 459 g/mol. The molecule has 4 heteroatoms. The molecule has 1 saturated carbocycles. The van der Waals surface area contributed by atoms with Crippen molar-refractivity contribution in [2.45, 2.75) is 83.7 Å². The van der Waals surface area contributed by atoms with Crippen LogP contribution in [-0.4, -0.2) is 17.0 Å². The monoisotopic (exact) mass is 458 g/mol. The lowest BCUT2D eigenvalue weighted by Crippen LogP contribution is -2.44. The van der Waals surface area contributed by atoms with Gasteiger partial charge in [-0.3, -0.25) is 0 Å². The average Bonchev–Trinajstić information content (AvgIpc) is 3.36. The molecule has 0 radical (unpaired) electrons. The quantitative estimate of drug-likeness (QED) is 0.387. The van der Waals surface area contributed by atoms with Crippen molar-refractivity contribution in [1.29, 1.82) is 0 Å². The second-order valence-corrected chi connectivity index (χ2v) is 10.2. The normalized spacial score (nSPS) is 18.3. The zero-order valence-corrected chi connectivity index (χ0v) is 21.0. The number of rotatable bonds is 7. The zero-order valence-electron chi connectivity index (χ0n) is 21.0. The minimum Gasteiger partial charge on any atom is -0.467 e. The van der Waals surface area contributed by atoms with Crippen molar-refractivity contribution in [2.75, 3.05) is 5.32 Å². The molecule has 0 saturated heterocycles. The van der Waals surface area contributed by atoms with Gasteiger partial charge < -0.3 is 14.6 Å². The van der Waals surface area contributed by atoms with Gasteiger partial charge in [0.15, 0.2) is 0 Å². The Balaban J connectivity index is 1.56. The number of hydrogen-bond acceptors (Lipinski definition) is 2. The van der Waals surface area contributed by atoms with Crippen molar-refractivity contribution in [3.8, 4) is 0 Å². The molecule has 0 spiro atoms. The molecule has 2 aromatic carbocycles. The number of hydrogen-bond donors (Lipinski definition) is 1. The number of para-hydroxylation sites is 1. The van der Waals surface area contributed by atoms with Crippen molar-refractivity contribution in [1.82, 2.24) is 4.90 Å². The molecule has 0 aliphatic heterocycles. The summed E-state index contributed by atoms with van der Waals surface area (Å²) < 4.78 is 5.65. The molecule has 1 N–H and O–H groups in total. The number of carbonyl (C=O) groups excluding carboxylic acids is 1. The molecule has 1 aliphatic rings. The highest BCUT2D eigenvalue weighted by molar-refractivity contribution is 5.91. The molecule has 2 amide bonds. The lowest BCUT2D eigenvalue weighted by atomic mass is 9.81. The van der Waals surface area contributed by atoms with Gasteiger partial charge in [-0.1, -0.05) is 76.2 Å². The van der Waals surface area contributed by atoms with E-state index in [-0.39, 0.29) is 12.1 Å². The predicted octanol–water partition coefficient (Wildman–Crippen LogP) is 8.29. The summed E-state index contributed by atoms with van der Waals surface area (Å²) in [6.45, 7) is 9.21. The van der Waals surface area contributed by atoms with Crippen LogP contribution in [0, 0.1) is 0 Å². The molecule has 1 fully saturated rings. The standard InChI is InChI=1S/C30H38N2O2/c1-21(2)27-13-8-14-28(22(3)4)29(27)31-30(33)32(20-26-12-9-19-34-26)25-17-15-24(16-18-25)23-10-6-5-7-11-23/h5-14,19,21-22,24-25H,15-18,20H2,1-4H3,(H,31,33)/t24-,25-. The molecule has 4 nitrogen and oxygen atoms in total. The second-order valence-electron chi connectivity index (χ2n) is 10.2. The number of urea groups is 1. The first-order valence-electron chi connectivity index (χ1n) is 12.7. The van der Waals surface area contributed by atoms with E-state index in [9.17, 15) is 4.79 Å². The number of amides is 2. The highest BCUT2D eigenvalue weighted by Crippen LogP contribution is 2.37. The SMILES string of the molecule is CC(C)c1cccc(C(C)C)c1NC(=O)N(Cc1ccco1)[C@H]1CC[C@H](c2ccccc2)CC1. The molecule has 3 aromatic rings.